The van der Waals surface area contributed by atoms with Crippen LogP contribution in [0, 0.1) is 0 Å². The summed E-state index contributed by atoms with van der Waals surface area (Å²) in [5.74, 6) is 1.26. The van der Waals surface area contributed by atoms with Crippen LogP contribution >= 0.6 is 11.5 Å². The molecule has 6 heteroatoms. The van der Waals surface area contributed by atoms with Gasteiger partial charge in [0.05, 0.1) is 5.69 Å². The molecule has 0 spiro atoms. The topological polar surface area (TPSA) is 60.7 Å². The lowest BCUT2D eigenvalue weighted by molar-refractivity contribution is 0.0984. The quantitative estimate of drug-likeness (QED) is 0.777. The number of Topliss-reactive ketones (excluding diaryl/α,β-unsaturated/α-hetero) is 1. The second-order valence-electron chi connectivity index (χ2n) is 4.52. The minimum absolute atomic E-state index is 0.108. The first-order chi connectivity index (χ1) is 8.59. The van der Waals surface area contributed by atoms with Crippen molar-refractivity contribution in [2.24, 2.45) is 7.05 Å². The second kappa shape index (κ2) is 5.39. The Morgan fingerprint density at radius 1 is 1.50 bits per heavy atom. The first kappa shape index (κ1) is 12.9. The number of nitrogens with zero attached hydrogens (tertiary/aromatic N) is 4. The summed E-state index contributed by atoms with van der Waals surface area (Å²) in [5, 5.41) is 4.03. The highest BCUT2D eigenvalue weighted by molar-refractivity contribution is 7.08. The molecule has 2 aromatic rings. The number of carbonyl (C=O) groups is 1. The van der Waals surface area contributed by atoms with Crippen LogP contribution in [0.4, 0.5) is 0 Å². The van der Waals surface area contributed by atoms with Crippen molar-refractivity contribution < 1.29 is 4.79 Å². The van der Waals surface area contributed by atoms with Crippen molar-refractivity contribution in [2.45, 2.75) is 32.6 Å². The summed E-state index contributed by atoms with van der Waals surface area (Å²) in [6.07, 6.45) is 4.73. The van der Waals surface area contributed by atoms with Crippen LogP contribution in [0.1, 0.15) is 47.4 Å². The molecule has 0 saturated heterocycles. The van der Waals surface area contributed by atoms with Gasteiger partial charge in [0.25, 0.3) is 0 Å². The third-order valence-electron chi connectivity index (χ3n) is 2.81. The molecule has 2 heterocycles. The fraction of sp³-hybridized carbons (Fsp3) is 0.500. The van der Waals surface area contributed by atoms with Crippen LogP contribution < -0.4 is 0 Å². The Balaban J connectivity index is 2.04. The van der Waals surface area contributed by atoms with E-state index in [-0.39, 0.29) is 11.7 Å². The van der Waals surface area contributed by atoms with Crippen molar-refractivity contribution in [3.63, 3.8) is 0 Å². The molecule has 0 unspecified atom stereocenters. The molecule has 0 amide bonds. The molecule has 0 fully saturated rings. The van der Waals surface area contributed by atoms with E-state index in [1.54, 1.807) is 6.20 Å². The Labute approximate surface area is 110 Å². The first-order valence-electron chi connectivity index (χ1n) is 5.91. The summed E-state index contributed by atoms with van der Waals surface area (Å²) in [5.41, 5.74) is 0.810. The molecule has 0 saturated carbocycles. The largest absolute Gasteiger partial charge is 0.338 e. The van der Waals surface area contributed by atoms with Gasteiger partial charge in [0.1, 0.15) is 10.7 Å². The second-order valence-corrected chi connectivity index (χ2v) is 5.27. The molecule has 18 heavy (non-hydrogen) atoms. The normalized spacial score (nSPS) is 11.1. The van der Waals surface area contributed by atoms with Crippen LogP contribution in [0.2, 0.25) is 0 Å². The maximum Gasteiger partial charge on any atom is 0.176 e. The molecular formula is C12H16N4OS. The highest BCUT2D eigenvalue weighted by Crippen LogP contribution is 2.21. The minimum atomic E-state index is 0.108. The summed E-state index contributed by atoms with van der Waals surface area (Å²) in [6, 6.07) is 0. The number of aryl methyl sites for hydroxylation is 2. The van der Waals surface area contributed by atoms with Crippen LogP contribution in [-0.2, 0) is 13.5 Å². The van der Waals surface area contributed by atoms with Crippen molar-refractivity contribution in [1.82, 2.24) is 19.1 Å². The standard InChI is InChI=1S/C12H16N4OS/c1-8(2)11-12(18-15-14-11)9(17)4-5-10-13-6-7-16(10)3/h6-8H,4-5H2,1-3H3. The lowest BCUT2D eigenvalue weighted by atomic mass is 10.1. The van der Waals surface area contributed by atoms with Gasteiger partial charge in [-0.15, -0.1) is 5.10 Å². The molecule has 0 radical (unpaired) electrons. The maximum absolute atomic E-state index is 12.1. The van der Waals surface area contributed by atoms with Crippen LogP contribution in [-0.4, -0.2) is 24.9 Å². The third-order valence-corrected chi connectivity index (χ3v) is 3.59. The zero-order valence-electron chi connectivity index (χ0n) is 10.8. The summed E-state index contributed by atoms with van der Waals surface area (Å²) in [7, 11) is 1.93. The molecule has 5 nitrogen and oxygen atoms in total. The molecule has 2 aromatic heterocycles. The highest BCUT2D eigenvalue weighted by atomic mass is 32.1. The predicted molar refractivity (Wildman–Crippen MR) is 69.9 cm³/mol. The van der Waals surface area contributed by atoms with E-state index in [0.717, 1.165) is 11.5 Å². The van der Waals surface area contributed by atoms with E-state index in [2.05, 4.69) is 14.6 Å². The van der Waals surface area contributed by atoms with Crippen molar-refractivity contribution in [1.29, 1.82) is 0 Å². The third kappa shape index (κ3) is 2.64. The van der Waals surface area contributed by atoms with E-state index < -0.39 is 0 Å². The average Bonchev–Trinajstić information content (AvgIpc) is 2.94. The molecule has 0 bridgehead atoms. The highest BCUT2D eigenvalue weighted by Gasteiger charge is 2.18. The van der Waals surface area contributed by atoms with E-state index in [1.807, 2.05) is 31.7 Å². The van der Waals surface area contributed by atoms with Crippen LogP contribution in [0.3, 0.4) is 0 Å². The molecule has 0 aromatic carbocycles. The van der Waals surface area contributed by atoms with Gasteiger partial charge in [-0.25, -0.2) is 4.98 Å². The minimum Gasteiger partial charge on any atom is -0.338 e. The molecule has 2 rings (SSSR count). The summed E-state index contributed by atoms with van der Waals surface area (Å²) in [4.78, 5) is 17.0. The van der Waals surface area contributed by atoms with Gasteiger partial charge in [0.2, 0.25) is 0 Å². The van der Waals surface area contributed by atoms with Crippen molar-refractivity contribution >= 4 is 17.3 Å². The lowest BCUT2D eigenvalue weighted by Gasteiger charge is -2.03. The fourth-order valence-electron chi connectivity index (χ4n) is 1.75. The Morgan fingerprint density at radius 3 is 2.89 bits per heavy atom. The molecule has 96 valence electrons. The van der Waals surface area contributed by atoms with Crippen LogP contribution in [0.15, 0.2) is 12.4 Å². The zero-order valence-corrected chi connectivity index (χ0v) is 11.6. The fourth-order valence-corrected chi connectivity index (χ4v) is 2.53. The number of aromatic nitrogens is 4. The van der Waals surface area contributed by atoms with Gasteiger partial charge in [-0.3, -0.25) is 4.79 Å². The van der Waals surface area contributed by atoms with Gasteiger partial charge in [0, 0.05) is 32.3 Å². The van der Waals surface area contributed by atoms with Gasteiger partial charge in [-0.1, -0.05) is 18.3 Å². The summed E-state index contributed by atoms with van der Waals surface area (Å²) < 4.78 is 5.81. The van der Waals surface area contributed by atoms with E-state index in [4.69, 9.17) is 0 Å². The van der Waals surface area contributed by atoms with E-state index in [0.29, 0.717) is 17.7 Å². The number of imidazole rings is 1. The zero-order chi connectivity index (χ0) is 13.1. The van der Waals surface area contributed by atoms with Gasteiger partial charge < -0.3 is 4.57 Å². The van der Waals surface area contributed by atoms with Crippen molar-refractivity contribution in [3.8, 4) is 0 Å². The van der Waals surface area contributed by atoms with Gasteiger partial charge in [-0.2, -0.15) is 0 Å². The van der Waals surface area contributed by atoms with Crippen LogP contribution in [0.25, 0.3) is 0 Å². The Bertz CT molecular complexity index is 544. The average molecular weight is 264 g/mol. The number of hydrogen-bond acceptors (Lipinski definition) is 5. The Morgan fingerprint density at radius 2 is 2.28 bits per heavy atom. The summed E-state index contributed by atoms with van der Waals surface area (Å²) >= 11 is 1.19. The summed E-state index contributed by atoms with van der Waals surface area (Å²) in [6.45, 7) is 4.04. The number of hydrogen-bond donors (Lipinski definition) is 0. The van der Waals surface area contributed by atoms with Crippen molar-refractivity contribution in [3.05, 3.63) is 28.8 Å². The SMILES string of the molecule is CC(C)c1nnsc1C(=O)CCc1nccn1C. The maximum atomic E-state index is 12.1. The molecule has 0 aliphatic rings. The number of ketones is 1. The molecule has 0 aliphatic carbocycles. The predicted octanol–water partition coefficient (Wildman–Crippen LogP) is 2.21. The first-order valence-corrected chi connectivity index (χ1v) is 6.68. The molecule has 0 atom stereocenters. The lowest BCUT2D eigenvalue weighted by Crippen LogP contribution is -2.06. The Kier molecular flexibility index (Phi) is 3.86. The Hall–Kier alpha value is -1.56. The van der Waals surface area contributed by atoms with E-state index in [9.17, 15) is 4.79 Å². The molecular weight excluding hydrogens is 248 g/mol. The monoisotopic (exact) mass is 264 g/mol. The number of carbonyl (C=O) groups excluding carboxylic acids is 1. The smallest absolute Gasteiger partial charge is 0.176 e. The molecule has 0 aliphatic heterocycles. The molecule has 0 N–H and O–H groups in total. The van der Waals surface area contributed by atoms with Gasteiger partial charge >= 0.3 is 0 Å². The van der Waals surface area contributed by atoms with Gasteiger partial charge in [-0.05, 0) is 17.5 Å². The van der Waals surface area contributed by atoms with E-state index in [1.165, 1.54) is 11.5 Å². The van der Waals surface area contributed by atoms with E-state index >= 15 is 0 Å². The van der Waals surface area contributed by atoms with Crippen molar-refractivity contribution in [2.75, 3.05) is 0 Å². The number of rotatable bonds is 5. The van der Waals surface area contributed by atoms with Gasteiger partial charge in [0.15, 0.2) is 5.78 Å². The van der Waals surface area contributed by atoms with Crippen LogP contribution in [0.5, 0.6) is 0 Å².